The van der Waals surface area contributed by atoms with Crippen LogP contribution in [0.2, 0.25) is 0 Å². The number of hydrogen-bond donors (Lipinski definition) is 1. The number of aromatic nitrogens is 2. The first-order valence-electron chi connectivity index (χ1n) is 8.16. The summed E-state index contributed by atoms with van der Waals surface area (Å²) in [4.78, 5) is 25.7. The van der Waals surface area contributed by atoms with Gasteiger partial charge in [0.1, 0.15) is 11.8 Å². The second-order valence-corrected chi connectivity index (χ2v) is 6.21. The van der Waals surface area contributed by atoms with Crippen molar-refractivity contribution >= 4 is 22.8 Å². The van der Waals surface area contributed by atoms with Gasteiger partial charge in [0.15, 0.2) is 0 Å². The van der Waals surface area contributed by atoms with Gasteiger partial charge in [-0.25, -0.2) is 4.79 Å². The number of nitrogens with zero attached hydrogens (tertiary/aromatic N) is 3. The van der Waals surface area contributed by atoms with Crippen LogP contribution in [-0.2, 0) is 0 Å². The molecule has 0 aliphatic carbocycles. The number of fused-ring (bicyclic) bond motifs is 1. The van der Waals surface area contributed by atoms with Gasteiger partial charge in [0.2, 0.25) is 0 Å². The van der Waals surface area contributed by atoms with Gasteiger partial charge >= 0.3 is 5.97 Å². The first kappa shape index (κ1) is 15.4. The summed E-state index contributed by atoms with van der Waals surface area (Å²) in [5, 5.41) is 14.0. The topological polar surface area (TPSA) is 88.6 Å². The zero-order chi connectivity index (χ0) is 17.4. The molecule has 1 saturated heterocycles. The molecular formula is C18H17N3O4. The number of hydrogen-bond acceptors (Lipinski definition) is 4. The molecule has 3 heterocycles. The number of carboxylic acids is 1. The third-order valence-electron chi connectivity index (χ3n) is 4.62. The van der Waals surface area contributed by atoms with E-state index in [4.69, 9.17) is 9.52 Å². The smallest absolute Gasteiger partial charge is 0.338 e. The monoisotopic (exact) mass is 339 g/mol. The summed E-state index contributed by atoms with van der Waals surface area (Å²) in [6.07, 6.45) is 6.07. The summed E-state index contributed by atoms with van der Waals surface area (Å²) < 4.78 is 7.12. The van der Waals surface area contributed by atoms with E-state index in [-0.39, 0.29) is 17.5 Å². The molecule has 1 amide bonds. The van der Waals surface area contributed by atoms with E-state index in [0.29, 0.717) is 24.2 Å². The molecule has 3 aromatic rings. The van der Waals surface area contributed by atoms with Gasteiger partial charge in [-0.2, -0.15) is 5.10 Å². The molecule has 4 rings (SSSR count). The molecule has 0 bridgehead atoms. The minimum absolute atomic E-state index is 0.0241. The van der Waals surface area contributed by atoms with Gasteiger partial charge in [-0.3, -0.25) is 9.48 Å². The first-order valence-corrected chi connectivity index (χ1v) is 8.16. The maximum absolute atomic E-state index is 12.9. The fourth-order valence-electron chi connectivity index (χ4n) is 3.32. The Morgan fingerprint density at radius 1 is 1.28 bits per heavy atom. The number of furan rings is 1. The van der Waals surface area contributed by atoms with Crippen molar-refractivity contribution in [2.45, 2.75) is 18.9 Å². The molecule has 0 spiro atoms. The molecular weight excluding hydrogens is 322 g/mol. The Morgan fingerprint density at radius 2 is 2.12 bits per heavy atom. The van der Waals surface area contributed by atoms with Crippen LogP contribution in [0.1, 0.15) is 39.6 Å². The fraction of sp³-hybridized carbons (Fsp3) is 0.278. The third-order valence-corrected chi connectivity index (χ3v) is 4.62. The molecule has 2 aromatic heterocycles. The molecule has 0 unspecified atom stereocenters. The highest BCUT2D eigenvalue weighted by Gasteiger charge is 2.28. The van der Waals surface area contributed by atoms with Crippen molar-refractivity contribution in [3.63, 3.8) is 0 Å². The van der Waals surface area contributed by atoms with E-state index < -0.39 is 5.97 Å². The van der Waals surface area contributed by atoms with Crippen molar-refractivity contribution in [2.75, 3.05) is 13.1 Å². The number of carbonyl (C=O) groups is 2. The van der Waals surface area contributed by atoms with Crippen molar-refractivity contribution in [1.29, 1.82) is 0 Å². The molecule has 7 heteroatoms. The summed E-state index contributed by atoms with van der Waals surface area (Å²) in [6.45, 7) is 1.17. The molecule has 7 nitrogen and oxygen atoms in total. The fourth-order valence-corrected chi connectivity index (χ4v) is 3.32. The number of carbonyl (C=O) groups excluding carboxylic acids is 1. The average molecular weight is 339 g/mol. The van der Waals surface area contributed by atoms with Crippen LogP contribution in [0.25, 0.3) is 11.0 Å². The molecule has 25 heavy (non-hydrogen) atoms. The lowest BCUT2D eigenvalue weighted by molar-refractivity contribution is 0.0666. The van der Waals surface area contributed by atoms with Crippen LogP contribution in [0.15, 0.2) is 47.3 Å². The molecule has 0 saturated carbocycles. The largest absolute Gasteiger partial charge is 0.478 e. The van der Waals surface area contributed by atoms with Crippen LogP contribution in [-0.4, -0.2) is 44.8 Å². The predicted octanol–water partition coefficient (Wildman–Crippen LogP) is 2.80. The van der Waals surface area contributed by atoms with Crippen molar-refractivity contribution in [3.05, 3.63) is 54.0 Å². The van der Waals surface area contributed by atoms with Crippen molar-refractivity contribution in [3.8, 4) is 0 Å². The highest BCUT2D eigenvalue weighted by atomic mass is 16.4. The van der Waals surface area contributed by atoms with E-state index >= 15 is 0 Å². The highest BCUT2D eigenvalue weighted by molar-refractivity contribution is 6.05. The summed E-state index contributed by atoms with van der Waals surface area (Å²) >= 11 is 0. The molecule has 1 N–H and O–H groups in total. The van der Waals surface area contributed by atoms with E-state index in [1.807, 2.05) is 24.3 Å². The van der Waals surface area contributed by atoms with E-state index in [1.54, 1.807) is 9.58 Å². The number of amides is 1. The maximum atomic E-state index is 12.9. The second kappa shape index (κ2) is 6.08. The van der Waals surface area contributed by atoms with Crippen molar-refractivity contribution in [1.82, 2.24) is 14.7 Å². The van der Waals surface area contributed by atoms with Gasteiger partial charge < -0.3 is 14.4 Å². The second-order valence-electron chi connectivity index (χ2n) is 6.21. The Balaban J connectivity index is 1.56. The van der Waals surface area contributed by atoms with Gasteiger partial charge in [0.25, 0.3) is 5.91 Å². The number of para-hydroxylation sites is 1. The predicted molar refractivity (Wildman–Crippen MR) is 89.6 cm³/mol. The van der Waals surface area contributed by atoms with Crippen molar-refractivity contribution in [2.24, 2.45) is 0 Å². The van der Waals surface area contributed by atoms with Gasteiger partial charge in [-0.05, 0) is 18.9 Å². The van der Waals surface area contributed by atoms with E-state index in [0.717, 1.165) is 18.2 Å². The maximum Gasteiger partial charge on any atom is 0.338 e. The number of benzene rings is 1. The van der Waals surface area contributed by atoms with E-state index in [9.17, 15) is 9.59 Å². The molecule has 128 valence electrons. The van der Waals surface area contributed by atoms with Crippen LogP contribution in [0.3, 0.4) is 0 Å². The Labute approximate surface area is 143 Å². The Morgan fingerprint density at radius 3 is 2.92 bits per heavy atom. The summed E-state index contributed by atoms with van der Waals surface area (Å²) in [7, 11) is 0. The van der Waals surface area contributed by atoms with Gasteiger partial charge in [0, 0.05) is 24.7 Å². The lowest BCUT2D eigenvalue weighted by atomic mass is 10.0. The third kappa shape index (κ3) is 2.77. The lowest BCUT2D eigenvalue weighted by Gasteiger charge is -2.32. The summed E-state index contributed by atoms with van der Waals surface area (Å²) in [5.74, 6) is -1.07. The average Bonchev–Trinajstić information content (AvgIpc) is 3.28. The molecule has 1 aliphatic heterocycles. The Hall–Kier alpha value is -3.09. The lowest BCUT2D eigenvalue weighted by Crippen LogP contribution is -2.40. The Kier molecular flexibility index (Phi) is 3.76. The number of likely N-dealkylation sites (tertiary alicyclic amines) is 1. The van der Waals surface area contributed by atoms with Crippen LogP contribution in [0, 0.1) is 0 Å². The number of rotatable bonds is 3. The van der Waals surface area contributed by atoms with Crippen molar-refractivity contribution < 1.29 is 19.1 Å². The highest BCUT2D eigenvalue weighted by Crippen LogP contribution is 2.26. The SMILES string of the molecule is O=C(O)c1cnn([C@@H]2CCCN(C(=O)c3coc4ccccc34)C2)c1. The zero-order valence-electron chi connectivity index (χ0n) is 13.5. The number of carboxylic acid groups (broad SMARTS) is 1. The normalized spacial score (nSPS) is 17.8. The Bertz CT molecular complexity index is 943. The summed E-state index contributed by atoms with van der Waals surface area (Å²) in [6, 6.07) is 7.44. The first-order chi connectivity index (χ1) is 12.1. The van der Waals surface area contributed by atoms with Gasteiger partial charge in [0.05, 0.1) is 23.4 Å². The molecule has 1 atom stereocenters. The van der Waals surface area contributed by atoms with Gasteiger partial charge in [-0.1, -0.05) is 18.2 Å². The van der Waals surface area contributed by atoms with E-state index in [1.165, 1.54) is 18.7 Å². The zero-order valence-corrected chi connectivity index (χ0v) is 13.5. The van der Waals surface area contributed by atoms with E-state index in [2.05, 4.69) is 5.10 Å². The van der Waals surface area contributed by atoms with Crippen LogP contribution in [0.5, 0.6) is 0 Å². The van der Waals surface area contributed by atoms with Gasteiger partial charge in [-0.15, -0.1) is 0 Å². The van der Waals surface area contributed by atoms with Crippen LogP contribution in [0.4, 0.5) is 0 Å². The quantitative estimate of drug-likeness (QED) is 0.792. The molecule has 0 radical (unpaired) electrons. The molecule has 1 aromatic carbocycles. The van der Waals surface area contributed by atoms with Crippen LogP contribution >= 0.6 is 0 Å². The van der Waals surface area contributed by atoms with Crippen LogP contribution < -0.4 is 0 Å². The standard InChI is InChI=1S/C18H17N3O4/c22-17(15-11-25-16-6-2-1-5-14(15)16)20-7-3-4-13(10-20)21-9-12(8-19-21)18(23)24/h1-2,5-6,8-9,11,13H,3-4,7,10H2,(H,23,24)/t13-/m1/s1. The number of aromatic carboxylic acids is 1. The minimum atomic E-state index is -1.00. The molecule has 1 fully saturated rings. The number of piperidine rings is 1. The minimum Gasteiger partial charge on any atom is -0.478 e. The molecule has 1 aliphatic rings. The summed E-state index contributed by atoms with van der Waals surface area (Å²) in [5.41, 5.74) is 1.41.